The van der Waals surface area contributed by atoms with Gasteiger partial charge in [0.2, 0.25) is 0 Å². The van der Waals surface area contributed by atoms with Gasteiger partial charge in [-0.2, -0.15) is 11.8 Å². The Kier molecular flexibility index (Phi) is 5.05. The molecule has 0 fully saturated rings. The number of para-hydroxylation sites is 1. The van der Waals surface area contributed by atoms with Crippen molar-refractivity contribution < 1.29 is 4.74 Å². The molecule has 17 heavy (non-hydrogen) atoms. The molecule has 2 rings (SSSR count). The molecule has 1 heterocycles. The number of halogens is 1. The van der Waals surface area contributed by atoms with E-state index in [0.717, 1.165) is 30.4 Å². The first kappa shape index (κ1) is 13.1. The van der Waals surface area contributed by atoms with Gasteiger partial charge in [0, 0.05) is 11.6 Å². The van der Waals surface area contributed by atoms with E-state index in [4.69, 9.17) is 16.3 Å². The minimum atomic E-state index is 0.608. The van der Waals surface area contributed by atoms with Crippen LogP contribution in [0.3, 0.4) is 0 Å². The van der Waals surface area contributed by atoms with E-state index in [-0.39, 0.29) is 0 Å². The smallest absolute Gasteiger partial charge is 0.122 e. The number of hydrogen-bond donors (Lipinski definition) is 0. The summed E-state index contributed by atoms with van der Waals surface area (Å²) in [6.07, 6.45) is 1.14. The monoisotopic (exact) mass is 270 g/mol. The Hall–Kier alpha value is -0.340. The summed E-state index contributed by atoms with van der Waals surface area (Å²) >= 11 is 7.84. The topological polar surface area (TPSA) is 9.23 Å². The Morgan fingerprint density at radius 1 is 1.47 bits per heavy atom. The largest absolute Gasteiger partial charge is 0.493 e. The third-order valence-electron chi connectivity index (χ3n) is 3.07. The van der Waals surface area contributed by atoms with Crippen molar-refractivity contribution >= 4 is 23.4 Å². The highest BCUT2D eigenvalue weighted by Gasteiger charge is 2.20. The number of benzene rings is 1. The van der Waals surface area contributed by atoms with Crippen molar-refractivity contribution in [3.8, 4) is 5.75 Å². The summed E-state index contributed by atoms with van der Waals surface area (Å²) in [6, 6.07) is 8.43. The fourth-order valence-electron chi connectivity index (χ4n) is 2.05. The van der Waals surface area contributed by atoms with Crippen molar-refractivity contribution in [2.24, 2.45) is 5.92 Å². The number of hydrogen-bond acceptors (Lipinski definition) is 2. The van der Waals surface area contributed by atoms with Gasteiger partial charge in [0.05, 0.1) is 6.61 Å². The summed E-state index contributed by atoms with van der Waals surface area (Å²) in [5.41, 5.74) is 1.38. The van der Waals surface area contributed by atoms with Gasteiger partial charge in [-0.15, -0.1) is 11.6 Å². The SMILES string of the molecule is CC(CCl)CSCC1CCOc2ccccc21. The Bertz CT molecular complexity index is 356. The maximum Gasteiger partial charge on any atom is 0.122 e. The lowest BCUT2D eigenvalue weighted by molar-refractivity contribution is 0.273. The molecule has 0 aromatic heterocycles. The van der Waals surface area contributed by atoms with E-state index in [1.165, 1.54) is 11.3 Å². The fourth-order valence-corrected chi connectivity index (χ4v) is 3.57. The molecule has 0 N–H and O–H groups in total. The van der Waals surface area contributed by atoms with E-state index in [9.17, 15) is 0 Å². The zero-order valence-corrected chi connectivity index (χ0v) is 11.8. The summed E-state index contributed by atoms with van der Waals surface area (Å²) in [6.45, 7) is 3.06. The van der Waals surface area contributed by atoms with E-state index in [1.807, 2.05) is 17.8 Å². The van der Waals surface area contributed by atoms with Crippen LogP contribution in [0.1, 0.15) is 24.8 Å². The number of ether oxygens (including phenoxy) is 1. The van der Waals surface area contributed by atoms with E-state index in [1.54, 1.807) is 0 Å². The molecular formula is C14H19ClOS. The molecule has 2 unspecified atom stereocenters. The van der Waals surface area contributed by atoms with Gasteiger partial charge in [-0.25, -0.2) is 0 Å². The van der Waals surface area contributed by atoms with Gasteiger partial charge in [-0.3, -0.25) is 0 Å². The molecule has 1 aliphatic rings. The van der Waals surface area contributed by atoms with Gasteiger partial charge in [0.1, 0.15) is 5.75 Å². The quantitative estimate of drug-likeness (QED) is 0.743. The van der Waals surface area contributed by atoms with Gasteiger partial charge >= 0.3 is 0 Å². The van der Waals surface area contributed by atoms with Crippen LogP contribution in [-0.2, 0) is 0 Å². The van der Waals surface area contributed by atoms with Gasteiger partial charge in [-0.05, 0) is 35.6 Å². The molecule has 94 valence electrons. The highest BCUT2D eigenvalue weighted by Crippen LogP contribution is 2.35. The van der Waals surface area contributed by atoms with Crippen molar-refractivity contribution in [3.05, 3.63) is 29.8 Å². The van der Waals surface area contributed by atoms with Crippen LogP contribution in [0, 0.1) is 5.92 Å². The first-order valence-corrected chi connectivity index (χ1v) is 7.85. The van der Waals surface area contributed by atoms with Crippen LogP contribution in [-0.4, -0.2) is 24.0 Å². The summed E-state index contributed by atoms with van der Waals surface area (Å²) in [7, 11) is 0. The molecule has 1 aromatic rings. The Balaban J connectivity index is 1.90. The van der Waals surface area contributed by atoms with E-state index >= 15 is 0 Å². The Morgan fingerprint density at radius 3 is 3.12 bits per heavy atom. The summed E-state index contributed by atoms with van der Waals surface area (Å²) in [5, 5.41) is 0. The predicted octanol–water partition coefficient (Wildman–Crippen LogP) is 4.16. The van der Waals surface area contributed by atoms with Gasteiger partial charge in [0.25, 0.3) is 0 Å². The maximum absolute atomic E-state index is 5.82. The molecule has 1 aliphatic heterocycles. The molecule has 0 spiro atoms. The normalized spacial score (nSPS) is 20.5. The Morgan fingerprint density at radius 2 is 2.29 bits per heavy atom. The lowest BCUT2D eigenvalue weighted by Crippen LogP contribution is -2.16. The number of rotatable bonds is 5. The average Bonchev–Trinajstić information content (AvgIpc) is 2.39. The molecule has 0 saturated carbocycles. The van der Waals surface area contributed by atoms with Crippen molar-refractivity contribution in [3.63, 3.8) is 0 Å². The van der Waals surface area contributed by atoms with Crippen LogP contribution in [0.2, 0.25) is 0 Å². The minimum Gasteiger partial charge on any atom is -0.493 e. The first-order chi connectivity index (χ1) is 8.31. The number of fused-ring (bicyclic) bond motifs is 1. The second kappa shape index (κ2) is 6.55. The average molecular weight is 271 g/mol. The molecular weight excluding hydrogens is 252 g/mol. The highest BCUT2D eigenvalue weighted by molar-refractivity contribution is 7.99. The van der Waals surface area contributed by atoms with Crippen molar-refractivity contribution in [2.45, 2.75) is 19.3 Å². The summed E-state index contributed by atoms with van der Waals surface area (Å²) in [4.78, 5) is 0. The molecule has 1 aromatic carbocycles. The fraction of sp³-hybridized carbons (Fsp3) is 0.571. The third-order valence-corrected chi connectivity index (χ3v) is 5.04. The lowest BCUT2D eigenvalue weighted by Gasteiger charge is -2.25. The second-order valence-corrected chi connectivity index (χ2v) is 6.05. The van der Waals surface area contributed by atoms with E-state index in [0.29, 0.717) is 11.8 Å². The summed E-state index contributed by atoms with van der Waals surface area (Å²) < 4.78 is 5.67. The molecule has 1 nitrogen and oxygen atoms in total. The van der Waals surface area contributed by atoms with Crippen molar-refractivity contribution in [1.29, 1.82) is 0 Å². The standard InChI is InChI=1S/C14H19ClOS/c1-11(8-15)9-17-10-12-6-7-16-14-5-3-2-4-13(12)14/h2-5,11-12H,6-10H2,1H3. The molecule has 0 amide bonds. The first-order valence-electron chi connectivity index (χ1n) is 6.16. The van der Waals surface area contributed by atoms with Crippen molar-refractivity contribution in [2.75, 3.05) is 24.0 Å². The highest BCUT2D eigenvalue weighted by atomic mass is 35.5. The maximum atomic E-state index is 5.82. The summed E-state index contributed by atoms with van der Waals surface area (Å²) in [5.74, 6) is 5.43. The van der Waals surface area contributed by atoms with Crippen LogP contribution in [0.15, 0.2) is 24.3 Å². The lowest BCUT2D eigenvalue weighted by atomic mass is 9.95. The predicted molar refractivity (Wildman–Crippen MR) is 76.5 cm³/mol. The van der Waals surface area contributed by atoms with Gasteiger partial charge < -0.3 is 4.74 Å². The minimum absolute atomic E-state index is 0.608. The zero-order chi connectivity index (χ0) is 12.1. The van der Waals surface area contributed by atoms with Crippen LogP contribution in [0.25, 0.3) is 0 Å². The van der Waals surface area contributed by atoms with Crippen LogP contribution >= 0.6 is 23.4 Å². The Labute approximate surface area is 113 Å². The van der Waals surface area contributed by atoms with Gasteiger partial charge in [-0.1, -0.05) is 25.1 Å². The molecule has 3 heteroatoms. The molecule has 0 bridgehead atoms. The van der Waals surface area contributed by atoms with Crippen LogP contribution in [0.4, 0.5) is 0 Å². The zero-order valence-electron chi connectivity index (χ0n) is 10.2. The second-order valence-electron chi connectivity index (χ2n) is 4.67. The molecule has 0 aliphatic carbocycles. The van der Waals surface area contributed by atoms with Gasteiger partial charge in [0.15, 0.2) is 0 Å². The number of alkyl halides is 1. The van der Waals surface area contributed by atoms with Crippen molar-refractivity contribution in [1.82, 2.24) is 0 Å². The molecule has 2 atom stereocenters. The molecule has 0 saturated heterocycles. The molecule has 0 radical (unpaired) electrons. The van der Waals surface area contributed by atoms with E-state index in [2.05, 4.69) is 25.1 Å². The van der Waals surface area contributed by atoms with E-state index < -0.39 is 0 Å². The van der Waals surface area contributed by atoms with Crippen LogP contribution in [0.5, 0.6) is 5.75 Å². The number of thioether (sulfide) groups is 1. The third kappa shape index (κ3) is 3.56. The van der Waals surface area contributed by atoms with Crippen LogP contribution < -0.4 is 4.74 Å².